The molecule has 2 aliphatic rings. The summed E-state index contributed by atoms with van der Waals surface area (Å²) >= 11 is 0. The van der Waals surface area contributed by atoms with E-state index in [1.165, 1.54) is 23.2 Å². The van der Waals surface area contributed by atoms with Crippen LogP contribution in [0.3, 0.4) is 0 Å². The molecule has 1 unspecified atom stereocenters. The van der Waals surface area contributed by atoms with Crippen LogP contribution in [0.2, 0.25) is 0 Å². The van der Waals surface area contributed by atoms with Crippen LogP contribution in [0.15, 0.2) is 28.6 Å². The Morgan fingerprint density at radius 1 is 1.38 bits per heavy atom. The third-order valence-corrected chi connectivity index (χ3v) is 4.54. The number of alkyl halides is 3. The van der Waals surface area contributed by atoms with E-state index in [-0.39, 0.29) is 18.2 Å². The summed E-state index contributed by atoms with van der Waals surface area (Å²) in [5.74, 6) is -0.137. The van der Waals surface area contributed by atoms with Crippen molar-refractivity contribution in [2.75, 3.05) is 6.54 Å². The average Bonchev–Trinajstić information content (AvgIpc) is 3.03. The smallest absolute Gasteiger partial charge is 0.335 e. The Bertz CT molecular complexity index is 844. The van der Waals surface area contributed by atoms with Gasteiger partial charge in [0.2, 0.25) is 5.82 Å². The lowest BCUT2D eigenvalue weighted by molar-refractivity contribution is -0.167. The monoisotopic (exact) mass is 366 g/mol. The Labute approximate surface area is 144 Å². The lowest BCUT2D eigenvalue weighted by Crippen LogP contribution is -2.43. The number of carbonyl (C=O) groups is 1. The fourth-order valence-electron chi connectivity index (χ4n) is 3.14. The minimum absolute atomic E-state index is 0.226. The van der Waals surface area contributed by atoms with Gasteiger partial charge < -0.3 is 4.90 Å². The van der Waals surface area contributed by atoms with E-state index in [1.54, 1.807) is 0 Å². The first-order valence-corrected chi connectivity index (χ1v) is 7.91. The number of aromatic amines is 1. The van der Waals surface area contributed by atoms with E-state index in [0.29, 0.717) is 30.6 Å². The third-order valence-electron chi connectivity index (χ3n) is 4.54. The largest absolute Gasteiger partial charge is 0.437 e. The fourth-order valence-corrected chi connectivity index (χ4v) is 3.14. The molecule has 2 aromatic heterocycles. The molecule has 1 amide bonds. The minimum Gasteiger partial charge on any atom is -0.335 e. The van der Waals surface area contributed by atoms with Crippen molar-refractivity contribution in [3.05, 3.63) is 23.9 Å². The molecule has 0 spiro atoms. The number of nitrogens with one attached hydrogen (secondary N) is 1. The number of likely N-dealkylation sites (tertiary alicyclic amines) is 1. The topological polar surface area (TPSA) is 112 Å². The molecular weight excluding hydrogens is 353 g/mol. The van der Waals surface area contributed by atoms with Crippen LogP contribution in [-0.2, 0) is 0 Å². The Morgan fingerprint density at radius 2 is 2.19 bits per heavy atom. The van der Waals surface area contributed by atoms with Gasteiger partial charge in [0.05, 0.1) is 0 Å². The standard InChI is InChI=1S/C14H13F3N8O/c15-14(16,17)13(21-22-13)7-9-2-1-5-25(9)12(26)8-3-4-18-10(6-8)11-19-23-24-20-11/h3-4,6,9H,1-2,5,7H2,(H,19,20,23,24). The summed E-state index contributed by atoms with van der Waals surface area (Å²) < 4.78 is 39.3. The average molecular weight is 366 g/mol. The van der Waals surface area contributed by atoms with E-state index in [9.17, 15) is 18.0 Å². The maximum Gasteiger partial charge on any atom is 0.437 e. The molecule has 26 heavy (non-hydrogen) atoms. The lowest BCUT2D eigenvalue weighted by Gasteiger charge is -2.27. The number of hydrogen-bond acceptors (Lipinski definition) is 7. The fraction of sp³-hybridized carbons (Fsp3) is 0.500. The van der Waals surface area contributed by atoms with Gasteiger partial charge in [-0.1, -0.05) is 0 Å². The zero-order chi connectivity index (χ0) is 18.4. The Balaban J connectivity index is 1.53. The molecule has 9 nitrogen and oxygen atoms in total. The summed E-state index contributed by atoms with van der Waals surface area (Å²) in [5, 5.41) is 19.7. The highest BCUT2D eigenvalue weighted by molar-refractivity contribution is 5.95. The Hall–Kier alpha value is -2.92. The molecule has 12 heteroatoms. The number of hydrogen-bond donors (Lipinski definition) is 1. The van der Waals surface area contributed by atoms with Crippen molar-refractivity contribution in [1.29, 1.82) is 0 Å². The molecule has 1 saturated heterocycles. The molecule has 0 bridgehead atoms. The number of nitrogens with zero attached hydrogens (tertiary/aromatic N) is 7. The quantitative estimate of drug-likeness (QED) is 0.889. The van der Waals surface area contributed by atoms with Gasteiger partial charge >= 0.3 is 6.18 Å². The highest BCUT2D eigenvalue weighted by Crippen LogP contribution is 2.49. The van der Waals surface area contributed by atoms with Crippen LogP contribution in [0.5, 0.6) is 0 Å². The van der Waals surface area contributed by atoms with Crippen LogP contribution in [0.25, 0.3) is 11.5 Å². The molecule has 0 aliphatic carbocycles. The maximum absolute atomic E-state index is 13.1. The Kier molecular flexibility index (Phi) is 3.70. The molecule has 1 atom stereocenters. The number of tetrazole rings is 1. The third kappa shape index (κ3) is 2.80. The molecular formula is C14H13F3N8O. The molecule has 1 N–H and O–H groups in total. The van der Waals surface area contributed by atoms with E-state index < -0.39 is 17.9 Å². The second-order valence-corrected chi connectivity index (χ2v) is 6.18. The first-order chi connectivity index (χ1) is 12.4. The zero-order valence-electron chi connectivity index (χ0n) is 13.3. The van der Waals surface area contributed by atoms with Crippen molar-refractivity contribution in [1.82, 2.24) is 30.5 Å². The summed E-state index contributed by atoms with van der Waals surface area (Å²) in [6.45, 7) is 0.386. The Morgan fingerprint density at radius 3 is 2.85 bits per heavy atom. The molecule has 0 aromatic carbocycles. The maximum atomic E-state index is 13.1. The molecule has 136 valence electrons. The summed E-state index contributed by atoms with van der Waals surface area (Å²) in [7, 11) is 0. The molecule has 0 saturated carbocycles. The predicted octanol–water partition coefficient (Wildman–Crippen LogP) is 1.98. The number of amides is 1. The molecule has 4 heterocycles. The van der Waals surface area contributed by atoms with Crippen molar-refractivity contribution in [3.8, 4) is 11.5 Å². The predicted molar refractivity (Wildman–Crippen MR) is 79.7 cm³/mol. The first-order valence-electron chi connectivity index (χ1n) is 7.91. The van der Waals surface area contributed by atoms with Gasteiger partial charge in [0.25, 0.3) is 11.6 Å². The second kappa shape index (κ2) is 5.81. The van der Waals surface area contributed by atoms with Gasteiger partial charge in [0.1, 0.15) is 5.69 Å². The van der Waals surface area contributed by atoms with Crippen LogP contribution in [0, 0.1) is 0 Å². The molecule has 4 rings (SSSR count). The number of H-pyrrole nitrogens is 1. The normalized spacial score (nSPS) is 21.2. The SMILES string of the molecule is O=C(c1ccnc(-c2nn[nH]n2)c1)N1CCCC1CC1(C(F)(F)F)N=N1. The summed E-state index contributed by atoms with van der Waals surface area (Å²) in [6.07, 6.45) is -2.34. The molecule has 0 radical (unpaired) electrons. The number of aromatic nitrogens is 5. The molecule has 2 aromatic rings. The van der Waals surface area contributed by atoms with Gasteiger partial charge in [-0.3, -0.25) is 9.78 Å². The van der Waals surface area contributed by atoms with E-state index >= 15 is 0 Å². The van der Waals surface area contributed by atoms with Crippen molar-refractivity contribution in [2.45, 2.75) is 37.1 Å². The first kappa shape index (κ1) is 16.5. The van der Waals surface area contributed by atoms with Crippen molar-refractivity contribution >= 4 is 5.91 Å². The van der Waals surface area contributed by atoms with E-state index in [4.69, 9.17) is 0 Å². The number of halogens is 3. The van der Waals surface area contributed by atoms with Crippen molar-refractivity contribution in [3.63, 3.8) is 0 Å². The van der Waals surface area contributed by atoms with Gasteiger partial charge in [-0.15, -0.1) is 20.4 Å². The number of pyridine rings is 1. The lowest BCUT2D eigenvalue weighted by atomic mass is 10.0. The highest BCUT2D eigenvalue weighted by atomic mass is 19.4. The van der Waals surface area contributed by atoms with Crippen LogP contribution in [0.1, 0.15) is 29.6 Å². The van der Waals surface area contributed by atoms with Gasteiger partial charge in [0, 0.05) is 30.8 Å². The van der Waals surface area contributed by atoms with Crippen LogP contribution in [0.4, 0.5) is 13.2 Å². The zero-order valence-corrected chi connectivity index (χ0v) is 13.3. The van der Waals surface area contributed by atoms with Gasteiger partial charge in [0.15, 0.2) is 0 Å². The van der Waals surface area contributed by atoms with Crippen LogP contribution < -0.4 is 0 Å². The van der Waals surface area contributed by atoms with Gasteiger partial charge in [-0.05, 0) is 30.2 Å². The van der Waals surface area contributed by atoms with E-state index in [2.05, 4.69) is 35.8 Å². The second-order valence-electron chi connectivity index (χ2n) is 6.18. The highest BCUT2D eigenvalue weighted by Gasteiger charge is 2.65. The van der Waals surface area contributed by atoms with Crippen molar-refractivity contribution in [2.24, 2.45) is 10.2 Å². The van der Waals surface area contributed by atoms with Gasteiger partial charge in [-0.2, -0.15) is 18.4 Å². The van der Waals surface area contributed by atoms with Crippen LogP contribution >= 0.6 is 0 Å². The summed E-state index contributed by atoms with van der Waals surface area (Å²) in [6, 6.07) is 2.43. The number of rotatable bonds is 4. The van der Waals surface area contributed by atoms with Gasteiger partial charge in [-0.25, -0.2) is 0 Å². The van der Waals surface area contributed by atoms with Crippen LogP contribution in [-0.4, -0.2) is 60.8 Å². The van der Waals surface area contributed by atoms with E-state index in [1.807, 2.05) is 0 Å². The summed E-state index contributed by atoms with van der Waals surface area (Å²) in [4.78, 5) is 18.4. The van der Waals surface area contributed by atoms with Crippen molar-refractivity contribution < 1.29 is 18.0 Å². The molecule has 2 aliphatic heterocycles. The molecule has 1 fully saturated rings. The van der Waals surface area contributed by atoms with E-state index in [0.717, 1.165) is 0 Å². The minimum atomic E-state index is -4.53. The summed E-state index contributed by atoms with van der Waals surface area (Å²) in [5.41, 5.74) is -1.70. The number of carbonyl (C=O) groups excluding carboxylic acids is 1.